The number of carbonyl (C=O) groups excluding carboxylic acids is 2. The second-order valence-corrected chi connectivity index (χ2v) is 8.95. The van der Waals surface area contributed by atoms with E-state index < -0.39 is 6.04 Å². The van der Waals surface area contributed by atoms with Gasteiger partial charge >= 0.3 is 12.1 Å². The lowest BCUT2D eigenvalue weighted by molar-refractivity contribution is 0.180. The van der Waals surface area contributed by atoms with E-state index in [4.69, 9.17) is 14.2 Å². The van der Waals surface area contributed by atoms with E-state index in [2.05, 4.69) is 16.0 Å². The van der Waals surface area contributed by atoms with E-state index in [1.807, 2.05) is 62.4 Å². The van der Waals surface area contributed by atoms with Crippen LogP contribution in [0, 0.1) is 6.92 Å². The number of ether oxygens (including phenoxy) is 3. The van der Waals surface area contributed by atoms with Crippen LogP contribution in [0.2, 0.25) is 0 Å². The summed E-state index contributed by atoms with van der Waals surface area (Å²) in [4.78, 5) is 27.9. The van der Waals surface area contributed by atoms with Crippen molar-refractivity contribution in [2.24, 2.45) is 0 Å². The van der Waals surface area contributed by atoms with Crippen LogP contribution in [0.3, 0.4) is 0 Å². The molecule has 1 unspecified atom stereocenters. The van der Waals surface area contributed by atoms with Crippen LogP contribution < -0.4 is 30.2 Å². The van der Waals surface area contributed by atoms with Gasteiger partial charge in [0.1, 0.15) is 5.75 Å². The van der Waals surface area contributed by atoms with Gasteiger partial charge in [-0.15, -0.1) is 0 Å². The fourth-order valence-electron chi connectivity index (χ4n) is 4.49. The molecule has 1 aliphatic heterocycles. The summed E-state index contributed by atoms with van der Waals surface area (Å²) in [5, 5.41) is 8.75. The molecule has 3 aromatic rings. The average molecular weight is 519 g/mol. The van der Waals surface area contributed by atoms with Gasteiger partial charge in [-0.05, 0) is 79.9 Å². The number of amides is 4. The van der Waals surface area contributed by atoms with Crippen LogP contribution in [0.25, 0.3) is 0 Å². The number of nitrogens with one attached hydrogen (secondary N) is 3. The van der Waals surface area contributed by atoms with Gasteiger partial charge < -0.3 is 35.1 Å². The molecule has 0 radical (unpaired) electrons. The predicted octanol–water partition coefficient (Wildman–Crippen LogP) is 5.36. The van der Waals surface area contributed by atoms with Crippen LogP contribution in [0.15, 0.2) is 60.7 Å². The Hall–Kier alpha value is -4.40. The zero-order valence-electron chi connectivity index (χ0n) is 22.2. The van der Waals surface area contributed by atoms with E-state index in [0.717, 1.165) is 22.4 Å². The first kappa shape index (κ1) is 26.7. The molecule has 3 aromatic carbocycles. The van der Waals surface area contributed by atoms with Gasteiger partial charge in [0.15, 0.2) is 11.5 Å². The first-order chi connectivity index (χ1) is 18.4. The van der Waals surface area contributed by atoms with Crippen LogP contribution in [0.5, 0.6) is 17.2 Å². The number of fused-ring (bicyclic) bond motifs is 1. The molecule has 3 N–H and O–H groups in total. The Morgan fingerprint density at radius 2 is 1.55 bits per heavy atom. The number of benzene rings is 3. The standard InChI is InChI=1S/C29H34N4O5/c1-5-38-23-12-10-22(11-13-23)32-29(35)33-15-14-20-16-26(36-3)27(37-4)17-24(20)25(33)18-30-28(34)31-21-8-6-19(2)7-9-21/h6-13,16-17,25H,5,14-15,18H2,1-4H3,(H,32,35)(H2,30,31,34). The first-order valence-corrected chi connectivity index (χ1v) is 12.6. The highest BCUT2D eigenvalue weighted by Crippen LogP contribution is 2.38. The second-order valence-electron chi connectivity index (χ2n) is 8.95. The lowest BCUT2D eigenvalue weighted by atomic mass is 9.92. The van der Waals surface area contributed by atoms with Crippen molar-refractivity contribution in [3.63, 3.8) is 0 Å². The molecular formula is C29H34N4O5. The van der Waals surface area contributed by atoms with Gasteiger partial charge in [-0.2, -0.15) is 0 Å². The number of hydrogen-bond donors (Lipinski definition) is 3. The zero-order valence-corrected chi connectivity index (χ0v) is 22.2. The zero-order chi connectivity index (χ0) is 27.1. The number of urea groups is 2. The average Bonchev–Trinajstić information content (AvgIpc) is 2.93. The molecule has 1 aliphatic rings. The van der Waals surface area contributed by atoms with Crippen LogP contribution in [0.4, 0.5) is 21.0 Å². The number of anilines is 2. The Labute approximate surface area is 223 Å². The van der Waals surface area contributed by atoms with Crippen LogP contribution in [-0.2, 0) is 6.42 Å². The Morgan fingerprint density at radius 1 is 0.921 bits per heavy atom. The molecule has 0 saturated heterocycles. The third-order valence-electron chi connectivity index (χ3n) is 6.45. The molecule has 0 saturated carbocycles. The first-order valence-electron chi connectivity index (χ1n) is 12.6. The molecule has 9 heteroatoms. The maximum Gasteiger partial charge on any atom is 0.322 e. The molecule has 38 heavy (non-hydrogen) atoms. The molecule has 1 heterocycles. The third kappa shape index (κ3) is 6.29. The Kier molecular flexibility index (Phi) is 8.58. The van der Waals surface area contributed by atoms with Crippen molar-refractivity contribution in [1.29, 1.82) is 0 Å². The molecule has 9 nitrogen and oxygen atoms in total. The number of carbonyl (C=O) groups is 2. The smallest absolute Gasteiger partial charge is 0.322 e. The SMILES string of the molecule is CCOc1ccc(NC(=O)N2CCc3cc(OC)c(OC)cc3C2CNC(=O)Nc2ccc(C)cc2)cc1. The van der Waals surface area contributed by atoms with Gasteiger partial charge in [0.25, 0.3) is 0 Å². The fraction of sp³-hybridized carbons (Fsp3) is 0.310. The molecule has 200 valence electrons. The molecule has 4 amide bonds. The van der Waals surface area contributed by atoms with Gasteiger partial charge in [-0.25, -0.2) is 9.59 Å². The molecule has 0 bridgehead atoms. The van der Waals surface area contributed by atoms with Crippen molar-refractivity contribution in [2.75, 3.05) is 44.5 Å². The lowest BCUT2D eigenvalue weighted by Crippen LogP contribution is -2.47. The number of methoxy groups -OCH3 is 2. The maximum atomic E-state index is 13.4. The van der Waals surface area contributed by atoms with Crippen molar-refractivity contribution in [3.05, 3.63) is 77.4 Å². The van der Waals surface area contributed by atoms with E-state index >= 15 is 0 Å². The number of nitrogens with zero attached hydrogens (tertiary/aromatic N) is 1. The van der Waals surface area contributed by atoms with Crippen molar-refractivity contribution in [1.82, 2.24) is 10.2 Å². The van der Waals surface area contributed by atoms with Crippen molar-refractivity contribution in [3.8, 4) is 17.2 Å². The molecule has 0 aromatic heterocycles. The van der Waals surface area contributed by atoms with Gasteiger partial charge in [0.2, 0.25) is 0 Å². The highest BCUT2D eigenvalue weighted by atomic mass is 16.5. The van der Waals surface area contributed by atoms with Gasteiger partial charge in [-0.1, -0.05) is 17.7 Å². The fourth-order valence-corrected chi connectivity index (χ4v) is 4.49. The minimum absolute atomic E-state index is 0.205. The molecule has 1 atom stereocenters. The number of aryl methyl sites for hydroxylation is 1. The summed E-state index contributed by atoms with van der Waals surface area (Å²) in [6.45, 7) is 5.15. The third-order valence-corrected chi connectivity index (χ3v) is 6.45. The largest absolute Gasteiger partial charge is 0.494 e. The van der Waals surface area contributed by atoms with Crippen molar-refractivity contribution < 1.29 is 23.8 Å². The summed E-state index contributed by atoms with van der Waals surface area (Å²) in [7, 11) is 3.17. The molecule has 0 fully saturated rings. The Balaban J connectivity index is 1.55. The normalized spacial score (nSPS) is 14.2. The van der Waals surface area contributed by atoms with Gasteiger partial charge in [-0.3, -0.25) is 0 Å². The van der Waals surface area contributed by atoms with Crippen molar-refractivity contribution in [2.45, 2.75) is 26.3 Å². The summed E-state index contributed by atoms with van der Waals surface area (Å²) in [6.07, 6.45) is 0.637. The van der Waals surface area contributed by atoms with E-state index in [1.165, 1.54) is 0 Å². The maximum absolute atomic E-state index is 13.4. The van der Waals surface area contributed by atoms with E-state index in [9.17, 15) is 9.59 Å². The topological polar surface area (TPSA) is 101 Å². The van der Waals surface area contributed by atoms with Crippen molar-refractivity contribution >= 4 is 23.4 Å². The molecule has 0 aliphatic carbocycles. The van der Waals surface area contributed by atoms with Crippen LogP contribution in [0.1, 0.15) is 29.7 Å². The molecule has 0 spiro atoms. The minimum Gasteiger partial charge on any atom is -0.494 e. The summed E-state index contributed by atoms with van der Waals surface area (Å²) in [6, 6.07) is 17.6. The van der Waals surface area contributed by atoms with E-state index in [-0.39, 0.29) is 18.6 Å². The van der Waals surface area contributed by atoms with Gasteiger partial charge in [0.05, 0.1) is 26.9 Å². The highest BCUT2D eigenvalue weighted by Gasteiger charge is 2.32. The quantitative estimate of drug-likeness (QED) is 0.373. The summed E-state index contributed by atoms with van der Waals surface area (Å²) in [5.41, 5.74) is 4.38. The Morgan fingerprint density at radius 3 is 2.21 bits per heavy atom. The van der Waals surface area contributed by atoms with E-state index in [0.29, 0.717) is 42.4 Å². The Bertz CT molecular complexity index is 1260. The highest BCUT2D eigenvalue weighted by molar-refractivity contribution is 5.91. The second kappa shape index (κ2) is 12.2. The van der Waals surface area contributed by atoms with Crippen LogP contribution in [-0.4, -0.2) is 50.9 Å². The number of hydrogen-bond acceptors (Lipinski definition) is 5. The summed E-state index contributed by atoms with van der Waals surface area (Å²) >= 11 is 0. The van der Waals surface area contributed by atoms with Gasteiger partial charge in [0, 0.05) is 24.5 Å². The summed E-state index contributed by atoms with van der Waals surface area (Å²) in [5.74, 6) is 1.93. The minimum atomic E-state index is -0.426. The van der Waals surface area contributed by atoms with E-state index in [1.54, 1.807) is 31.3 Å². The predicted molar refractivity (Wildman–Crippen MR) is 148 cm³/mol. The van der Waals surface area contributed by atoms with Crippen LogP contribution >= 0.6 is 0 Å². The molecular weight excluding hydrogens is 484 g/mol. The summed E-state index contributed by atoms with van der Waals surface area (Å²) < 4.78 is 16.5. The monoisotopic (exact) mass is 518 g/mol. The lowest BCUT2D eigenvalue weighted by Gasteiger charge is -2.37. The number of rotatable bonds is 8. The molecule has 4 rings (SSSR count).